The van der Waals surface area contributed by atoms with Crippen LogP contribution in [0.15, 0.2) is 12.1 Å². The van der Waals surface area contributed by atoms with Gasteiger partial charge in [0.1, 0.15) is 11.0 Å². The van der Waals surface area contributed by atoms with Gasteiger partial charge in [-0.25, -0.2) is 4.98 Å². The molecule has 2 heterocycles. The van der Waals surface area contributed by atoms with E-state index in [-0.39, 0.29) is 25.2 Å². The normalized spacial score (nSPS) is 20.7. The number of aromatic nitrogens is 1. The molecule has 1 fully saturated rings. The molecule has 21 heavy (non-hydrogen) atoms. The molecule has 0 aromatic carbocycles. The summed E-state index contributed by atoms with van der Waals surface area (Å²) in [6.45, 7) is -0.189. The first-order chi connectivity index (χ1) is 9.57. The maximum Gasteiger partial charge on any atom is 0.416 e. The number of alkyl halides is 6. The van der Waals surface area contributed by atoms with Gasteiger partial charge in [0.15, 0.2) is 0 Å². The maximum absolute atomic E-state index is 12.7. The zero-order valence-corrected chi connectivity index (χ0v) is 11.4. The maximum atomic E-state index is 12.7. The SMILES string of the molecule is FC(F)(F)c1cc(Cl)nc(N2CCCC(C(F)(F)F)C2)c1. The number of piperidine rings is 1. The summed E-state index contributed by atoms with van der Waals surface area (Å²) in [5, 5.41) is -0.394. The molecule has 1 aliphatic heterocycles. The van der Waals surface area contributed by atoms with Crippen LogP contribution in [-0.2, 0) is 6.18 Å². The third kappa shape index (κ3) is 3.93. The predicted octanol–water partition coefficient (Wildman–Crippen LogP) is 4.53. The van der Waals surface area contributed by atoms with Crippen LogP contribution in [0.4, 0.5) is 32.2 Å². The topological polar surface area (TPSA) is 16.1 Å². The van der Waals surface area contributed by atoms with Gasteiger partial charge in [-0.05, 0) is 25.0 Å². The summed E-state index contributed by atoms with van der Waals surface area (Å²) in [6, 6.07) is 1.38. The minimum Gasteiger partial charge on any atom is -0.356 e. The summed E-state index contributed by atoms with van der Waals surface area (Å²) in [7, 11) is 0. The summed E-state index contributed by atoms with van der Waals surface area (Å²) in [4.78, 5) is 4.91. The Morgan fingerprint density at radius 2 is 1.81 bits per heavy atom. The molecule has 1 aliphatic rings. The van der Waals surface area contributed by atoms with E-state index >= 15 is 0 Å². The first-order valence-corrected chi connectivity index (χ1v) is 6.51. The Labute approximate surface area is 121 Å². The molecule has 1 aromatic rings. The monoisotopic (exact) mass is 332 g/mol. The van der Waals surface area contributed by atoms with Crippen molar-refractivity contribution in [3.8, 4) is 0 Å². The van der Waals surface area contributed by atoms with Crippen LogP contribution < -0.4 is 4.90 Å². The average molecular weight is 333 g/mol. The lowest BCUT2D eigenvalue weighted by Crippen LogP contribution is -2.42. The molecule has 118 valence electrons. The van der Waals surface area contributed by atoms with Crippen molar-refractivity contribution in [2.24, 2.45) is 5.92 Å². The molecule has 9 heteroatoms. The van der Waals surface area contributed by atoms with Gasteiger partial charge in [-0.15, -0.1) is 0 Å². The van der Waals surface area contributed by atoms with Gasteiger partial charge in [0.05, 0.1) is 11.5 Å². The van der Waals surface area contributed by atoms with Crippen molar-refractivity contribution >= 4 is 17.4 Å². The number of rotatable bonds is 1. The largest absolute Gasteiger partial charge is 0.416 e. The molecule has 0 saturated carbocycles. The number of anilines is 1. The van der Waals surface area contributed by atoms with E-state index in [4.69, 9.17) is 11.6 Å². The third-order valence-electron chi connectivity index (χ3n) is 3.32. The molecule has 2 nitrogen and oxygen atoms in total. The summed E-state index contributed by atoms with van der Waals surface area (Å²) >= 11 is 5.54. The molecule has 1 aromatic heterocycles. The Morgan fingerprint density at radius 1 is 1.14 bits per heavy atom. The molecule has 1 atom stereocenters. The Morgan fingerprint density at radius 3 is 2.38 bits per heavy atom. The smallest absolute Gasteiger partial charge is 0.356 e. The van der Waals surface area contributed by atoms with Gasteiger partial charge >= 0.3 is 12.4 Å². The highest BCUT2D eigenvalue weighted by atomic mass is 35.5. The minimum atomic E-state index is -4.62. The lowest BCUT2D eigenvalue weighted by atomic mass is 9.97. The van der Waals surface area contributed by atoms with Crippen LogP contribution in [0.1, 0.15) is 18.4 Å². The van der Waals surface area contributed by atoms with E-state index in [2.05, 4.69) is 4.98 Å². The summed E-state index contributed by atoms with van der Waals surface area (Å²) in [5.41, 5.74) is -1.02. The molecule has 0 amide bonds. The molecule has 0 N–H and O–H groups in total. The van der Waals surface area contributed by atoms with Crippen molar-refractivity contribution in [3.05, 3.63) is 22.8 Å². The summed E-state index contributed by atoms with van der Waals surface area (Å²) in [5.74, 6) is -1.75. The van der Waals surface area contributed by atoms with E-state index in [1.54, 1.807) is 0 Å². The third-order valence-corrected chi connectivity index (χ3v) is 3.51. The van der Waals surface area contributed by atoms with Crippen LogP contribution in [0, 0.1) is 5.92 Å². The van der Waals surface area contributed by atoms with E-state index in [9.17, 15) is 26.3 Å². The first kappa shape index (κ1) is 16.2. The number of hydrogen-bond donors (Lipinski definition) is 0. The Kier molecular flexibility index (Phi) is 4.28. The highest BCUT2D eigenvalue weighted by Crippen LogP contribution is 2.37. The van der Waals surface area contributed by atoms with E-state index in [0.717, 1.165) is 6.07 Å². The standard InChI is InChI=1S/C12H11ClF6N2/c13-9-4-8(12(17,18)19)5-10(20-9)21-3-1-2-7(6-21)11(14,15)16/h4-5,7H,1-3,6H2. The Bertz CT molecular complexity index is 513. The van der Waals surface area contributed by atoms with Crippen LogP contribution in [0.5, 0.6) is 0 Å². The number of halogens is 7. The van der Waals surface area contributed by atoms with Gasteiger partial charge in [0.25, 0.3) is 0 Å². The van der Waals surface area contributed by atoms with Crippen LogP contribution in [0.2, 0.25) is 5.15 Å². The van der Waals surface area contributed by atoms with E-state index in [0.29, 0.717) is 6.07 Å². The van der Waals surface area contributed by atoms with Crippen molar-refractivity contribution in [1.82, 2.24) is 4.98 Å². The highest BCUT2D eigenvalue weighted by molar-refractivity contribution is 6.29. The number of pyridine rings is 1. The lowest BCUT2D eigenvalue weighted by Gasteiger charge is -2.34. The van der Waals surface area contributed by atoms with Crippen LogP contribution in [-0.4, -0.2) is 24.2 Å². The van der Waals surface area contributed by atoms with Gasteiger partial charge in [-0.2, -0.15) is 26.3 Å². The van der Waals surface area contributed by atoms with Crippen LogP contribution in [0.25, 0.3) is 0 Å². The fraction of sp³-hybridized carbons (Fsp3) is 0.583. The molecule has 0 bridgehead atoms. The molecule has 0 radical (unpaired) electrons. The predicted molar refractivity (Wildman–Crippen MR) is 65.2 cm³/mol. The van der Waals surface area contributed by atoms with Gasteiger partial charge in [-0.1, -0.05) is 11.6 Å². The average Bonchev–Trinajstić information content (AvgIpc) is 2.36. The summed E-state index contributed by atoms with van der Waals surface area (Å²) in [6.07, 6.45) is -8.79. The van der Waals surface area contributed by atoms with Crippen molar-refractivity contribution in [3.63, 3.8) is 0 Å². The number of hydrogen-bond acceptors (Lipinski definition) is 2. The molecule has 1 saturated heterocycles. The summed E-state index contributed by atoms with van der Waals surface area (Å²) < 4.78 is 76.3. The van der Waals surface area contributed by atoms with Crippen molar-refractivity contribution in [2.45, 2.75) is 25.2 Å². The second kappa shape index (κ2) is 5.55. The first-order valence-electron chi connectivity index (χ1n) is 6.14. The fourth-order valence-corrected chi connectivity index (χ4v) is 2.47. The molecule has 1 unspecified atom stereocenters. The van der Waals surface area contributed by atoms with Crippen molar-refractivity contribution in [2.75, 3.05) is 18.0 Å². The molecule has 0 aliphatic carbocycles. The zero-order chi connectivity index (χ0) is 15.8. The van der Waals surface area contributed by atoms with Gasteiger partial charge in [0, 0.05) is 13.1 Å². The van der Waals surface area contributed by atoms with E-state index < -0.39 is 35.5 Å². The fourth-order valence-electron chi connectivity index (χ4n) is 2.26. The zero-order valence-electron chi connectivity index (χ0n) is 10.6. The van der Waals surface area contributed by atoms with Gasteiger partial charge < -0.3 is 4.90 Å². The highest BCUT2D eigenvalue weighted by Gasteiger charge is 2.42. The molecule has 2 rings (SSSR count). The number of nitrogens with zero attached hydrogens (tertiary/aromatic N) is 2. The molecular weight excluding hydrogens is 322 g/mol. The second-order valence-corrected chi connectivity index (χ2v) is 5.25. The Hall–Kier alpha value is -1.18. The van der Waals surface area contributed by atoms with Crippen molar-refractivity contribution in [1.29, 1.82) is 0 Å². The Balaban J connectivity index is 2.27. The minimum absolute atomic E-state index is 0.0350. The molecule has 0 spiro atoms. The van der Waals surface area contributed by atoms with Gasteiger partial charge in [0.2, 0.25) is 0 Å². The second-order valence-electron chi connectivity index (χ2n) is 4.86. The van der Waals surface area contributed by atoms with E-state index in [1.165, 1.54) is 4.90 Å². The van der Waals surface area contributed by atoms with Gasteiger partial charge in [-0.3, -0.25) is 0 Å². The van der Waals surface area contributed by atoms with Crippen LogP contribution in [0.3, 0.4) is 0 Å². The van der Waals surface area contributed by atoms with Crippen LogP contribution >= 0.6 is 11.6 Å². The lowest BCUT2D eigenvalue weighted by molar-refractivity contribution is -0.176. The molecular formula is C12H11ClF6N2. The van der Waals surface area contributed by atoms with E-state index in [1.807, 2.05) is 0 Å². The quantitative estimate of drug-likeness (QED) is 0.555. The van der Waals surface area contributed by atoms with Crippen molar-refractivity contribution < 1.29 is 26.3 Å².